The fourth-order valence-electron chi connectivity index (χ4n) is 7.78. The molecule has 10 nitrogen and oxygen atoms in total. The van der Waals surface area contributed by atoms with Crippen LogP contribution < -0.4 is 9.64 Å². The average molecular weight is 617 g/mol. The van der Waals surface area contributed by atoms with Crippen molar-refractivity contribution in [3.8, 4) is 16.9 Å². The van der Waals surface area contributed by atoms with Gasteiger partial charge in [0.2, 0.25) is 5.95 Å². The van der Waals surface area contributed by atoms with Crippen molar-refractivity contribution in [2.45, 2.75) is 75.8 Å². The molecule has 1 aromatic carbocycles. The number of rotatable bonds is 5. The van der Waals surface area contributed by atoms with Crippen LogP contribution in [0, 0.1) is 5.92 Å². The zero-order valence-electron chi connectivity index (χ0n) is 25.4. The number of fused-ring (bicyclic) bond motifs is 3. The Morgan fingerprint density at radius 3 is 2.56 bits per heavy atom. The van der Waals surface area contributed by atoms with Gasteiger partial charge in [0, 0.05) is 60.2 Å². The minimum Gasteiger partial charge on any atom is -0.444 e. The van der Waals surface area contributed by atoms with Crippen molar-refractivity contribution in [2.75, 3.05) is 18.0 Å². The predicted octanol–water partition coefficient (Wildman–Crippen LogP) is 5.33. The lowest BCUT2D eigenvalue weighted by Gasteiger charge is -2.49. The summed E-state index contributed by atoms with van der Waals surface area (Å²) in [5.74, 6) is 0.693. The first-order valence-corrected chi connectivity index (χ1v) is 15.2. The monoisotopic (exact) mass is 616 g/mol. The van der Waals surface area contributed by atoms with Crippen LogP contribution in [0.2, 0.25) is 0 Å². The number of pyridine rings is 1. The smallest absolute Gasteiger partial charge is 0.410 e. The number of hydrogen-bond acceptors (Lipinski definition) is 8. The molecule has 5 atom stereocenters. The Kier molecular flexibility index (Phi) is 5.85. The van der Waals surface area contributed by atoms with Gasteiger partial charge in [0.15, 0.2) is 0 Å². The van der Waals surface area contributed by atoms with E-state index < -0.39 is 23.7 Å². The fraction of sp³-hybridized carbons (Fsp3) is 0.455. The molecule has 12 heteroatoms. The van der Waals surface area contributed by atoms with E-state index >= 15 is 0 Å². The number of aromatic nitrogens is 4. The second-order valence-electron chi connectivity index (χ2n) is 13.9. The van der Waals surface area contributed by atoms with Gasteiger partial charge in [-0.05, 0) is 58.7 Å². The lowest BCUT2D eigenvalue weighted by molar-refractivity contribution is -0.0506. The molecule has 0 bridgehead atoms. The first-order chi connectivity index (χ1) is 21.4. The van der Waals surface area contributed by atoms with Gasteiger partial charge < -0.3 is 23.9 Å². The van der Waals surface area contributed by atoms with Crippen molar-refractivity contribution in [1.82, 2.24) is 24.3 Å². The van der Waals surface area contributed by atoms with Crippen LogP contribution in [-0.4, -0.2) is 72.3 Å². The number of piperidine rings is 1. The number of hydrogen-bond donors (Lipinski definition) is 1. The van der Waals surface area contributed by atoms with Crippen LogP contribution in [0.1, 0.15) is 63.4 Å². The molecule has 0 radical (unpaired) electrons. The molecule has 2 saturated heterocycles. The summed E-state index contributed by atoms with van der Waals surface area (Å²) in [5.41, 5.74) is 2.15. The number of imidazole rings is 1. The summed E-state index contributed by atoms with van der Waals surface area (Å²) in [6.45, 7) is 5.77. The molecule has 5 heterocycles. The summed E-state index contributed by atoms with van der Waals surface area (Å²) < 4.78 is 38.9. The average Bonchev–Trinajstić information content (AvgIpc) is 3.40. The third kappa shape index (κ3) is 4.28. The number of nitrogens with zero attached hydrogens (tertiary/aromatic N) is 6. The summed E-state index contributed by atoms with van der Waals surface area (Å²) in [4.78, 5) is 31.1. The van der Waals surface area contributed by atoms with E-state index in [1.54, 1.807) is 37.5 Å². The molecular weight excluding hydrogens is 582 g/mol. The molecule has 1 N–H and O–H groups in total. The van der Waals surface area contributed by atoms with E-state index in [2.05, 4.69) is 4.90 Å². The van der Waals surface area contributed by atoms with Crippen molar-refractivity contribution in [2.24, 2.45) is 5.92 Å². The first kappa shape index (κ1) is 28.2. The number of anilines is 1. The number of amides is 1. The van der Waals surface area contributed by atoms with Crippen molar-refractivity contribution in [1.29, 1.82) is 0 Å². The summed E-state index contributed by atoms with van der Waals surface area (Å²) in [5, 5.41) is 11.3. The number of halogens is 2. The third-order valence-electron chi connectivity index (χ3n) is 9.80. The predicted molar refractivity (Wildman–Crippen MR) is 160 cm³/mol. The van der Waals surface area contributed by atoms with Gasteiger partial charge in [-0.3, -0.25) is 4.90 Å². The maximum Gasteiger partial charge on any atom is 0.410 e. The van der Waals surface area contributed by atoms with Gasteiger partial charge in [0.25, 0.3) is 0 Å². The lowest BCUT2D eigenvalue weighted by atomic mass is 9.93. The fourth-order valence-corrected chi connectivity index (χ4v) is 7.78. The summed E-state index contributed by atoms with van der Waals surface area (Å²) in [6, 6.07) is 10.7. The topological polar surface area (TPSA) is 105 Å². The SMILES string of the molecule is CC(C)(C)OC(=O)N1CC2N(c3ncc(-c4ccc5nc6c(n5c4)[C@@H](c4ccccc4OC(F)F)CC6(C)O)cn3)C[C@@H]3CC231. The molecular formula is C33H34F2N6O4. The van der Waals surface area contributed by atoms with Crippen LogP contribution in [0.3, 0.4) is 0 Å². The van der Waals surface area contributed by atoms with Gasteiger partial charge in [-0.2, -0.15) is 8.78 Å². The Morgan fingerprint density at radius 2 is 1.82 bits per heavy atom. The highest BCUT2D eigenvalue weighted by molar-refractivity contribution is 5.74. The van der Waals surface area contributed by atoms with Gasteiger partial charge in [0.05, 0.1) is 23.0 Å². The Balaban J connectivity index is 1.07. The van der Waals surface area contributed by atoms with E-state index in [1.807, 2.05) is 48.4 Å². The van der Waals surface area contributed by atoms with Crippen molar-refractivity contribution in [3.05, 3.63) is 71.9 Å². The lowest BCUT2D eigenvalue weighted by Crippen LogP contribution is -2.68. The number of likely N-dealkylation sites (tertiary alicyclic amines) is 1. The second kappa shape index (κ2) is 9.35. The Morgan fingerprint density at radius 1 is 1.07 bits per heavy atom. The molecule has 3 aromatic heterocycles. The van der Waals surface area contributed by atoms with Crippen LogP contribution in [0.15, 0.2) is 55.0 Å². The Labute approximate surface area is 258 Å². The minimum absolute atomic E-state index is 0.0817. The molecule has 234 valence electrons. The van der Waals surface area contributed by atoms with Gasteiger partial charge in [-0.1, -0.05) is 18.2 Å². The van der Waals surface area contributed by atoms with Crippen LogP contribution in [0.5, 0.6) is 5.75 Å². The zero-order valence-corrected chi connectivity index (χ0v) is 25.4. The minimum atomic E-state index is -2.96. The number of carbonyl (C=O) groups excluding carboxylic acids is 1. The number of benzene rings is 1. The van der Waals surface area contributed by atoms with Gasteiger partial charge in [0.1, 0.15) is 22.6 Å². The first-order valence-electron chi connectivity index (χ1n) is 15.2. The second-order valence-corrected chi connectivity index (χ2v) is 13.9. The molecule has 1 amide bonds. The molecule has 3 fully saturated rings. The number of alkyl halides is 2. The molecule has 1 spiro atoms. The Hall–Kier alpha value is -4.32. The van der Waals surface area contributed by atoms with E-state index in [0.717, 1.165) is 29.8 Å². The van der Waals surface area contributed by atoms with Gasteiger partial charge in [-0.25, -0.2) is 19.7 Å². The molecule has 3 unspecified atom stereocenters. The molecule has 8 rings (SSSR count). The van der Waals surface area contributed by atoms with Gasteiger partial charge in [-0.15, -0.1) is 0 Å². The quantitative estimate of drug-likeness (QED) is 0.321. The van der Waals surface area contributed by atoms with E-state index in [9.17, 15) is 18.7 Å². The van der Waals surface area contributed by atoms with Crippen LogP contribution >= 0.6 is 0 Å². The standard InChI is InChI=1S/C33H34F2N6O4/c1-31(2,3)45-30(42)41-17-24-33(41)11-20(33)16-39(24)29-36-13-19(14-37-29)18-9-10-25-38-27-26(40(25)15-18)22(12-32(27,4)43)21-7-5-6-8-23(21)44-28(34)35/h5-10,13-15,20,22,24,28,43H,11-12,16-17H2,1-4H3/t20-,22+,24?,32?,33?/m0/s1. The van der Waals surface area contributed by atoms with E-state index in [-0.39, 0.29) is 29.8 Å². The summed E-state index contributed by atoms with van der Waals surface area (Å²) in [7, 11) is 0. The summed E-state index contributed by atoms with van der Waals surface area (Å²) >= 11 is 0. The highest BCUT2D eigenvalue weighted by Gasteiger charge is 2.77. The number of ether oxygens (including phenoxy) is 2. The maximum absolute atomic E-state index is 13.2. The normalized spacial score (nSPS) is 28.1. The molecule has 45 heavy (non-hydrogen) atoms. The number of aliphatic hydroxyl groups is 1. The van der Waals surface area contributed by atoms with E-state index in [1.165, 1.54) is 6.07 Å². The van der Waals surface area contributed by atoms with Crippen LogP contribution in [0.4, 0.5) is 19.5 Å². The number of carbonyl (C=O) groups is 1. The molecule has 4 aliphatic rings. The maximum atomic E-state index is 13.2. The summed E-state index contributed by atoms with van der Waals surface area (Å²) in [6.07, 6.45) is 6.52. The number of para-hydroxylation sites is 1. The zero-order chi connectivity index (χ0) is 31.5. The van der Waals surface area contributed by atoms with Crippen LogP contribution in [0.25, 0.3) is 16.8 Å². The highest BCUT2D eigenvalue weighted by atomic mass is 19.3. The van der Waals surface area contributed by atoms with E-state index in [0.29, 0.717) is 35.3 Å². The van der Waals surface area contributed by atoms with Crippen molar-refractivity contribution >= 4 is 17.7 Å². The van der Waals surface area contributed by atoms with Crippen molar-refractivity contribution < 1.29 is 28.2 Å². The van der Waals surface area contributed by atoms with E-state index in [4.69, 9.17) is 24.4 Å². The molecule has 1 saturated carbocycles. The largest absolute Gasteiger partial charge is 0.444 e. The molecule has 2 aliphatic heterocycles. The third-order valence-corrected chi connectivity index (χ3v) is 9.80. The molecule has 2 aliphatic carbocycles. The highest BCUT2D eigenvalue weighted by Crippen LogP contribution is 2.63. The Bertz CT molecular complexity index is 1840. The van der Waals surface area contributed by atoms with Gasteiger partial charge >= 0.3 is 12.7 Å². The van der Waals surface area contributed by atoms with Crippen molar-refractivity contribution in [3.63, 3.8) is 0 Å². The molecule has 4 aromatic rings. The van der Waals surface area contributed by atoms with Crippen LogP contribution in [-0.2, 0) is 10.3 Å².